The van der Waals surface area contributed by atoms with E-state index in [0.717, 1.165) is 11.6 Å². The number of hydrogen-bond acceptors (Lipinski definition) is 3. The Balaban J connectivity index is 1.97. The van der Waals surface area contributed by atoms with E-state index in [1.165, 1.54) is 10.9 Å². The van der Waals surface area contributed by atoms with Gasteiger partial charge in [-0.3, -0.25) is 0 Å². The summed E-state index contributed by atoms with van der Waals surface area (Å²) in [5.41, 5.74) is 1.17. The third-order valence-electron chi connectivity index (χ3n) is 3.43. The normalized spacial score (nSPS) is 11.4. The second-order valence-electron chi connectivity index (χ2n) is 5.08. The standard InChI is InChI=1S/C15H18N4O/c1-11(2)19-15(16-10-17-19)9-18-7-6-12-8-13(20-3)4-5-14(12)18/h4-8,10-11H,9H2,1-3H3. The van der Waals surface area contributed by atoms with E-state index in [0.29, 0.717) is 12.6 Å². The average Bonchev–Trinajstić information content (AvgIpc) is 3.06. The number of rotatable bonds is 4. The zero-order chi connectivity index (χ0) is 14.1. The molecule has 0 fully saturated rings. The van der Waals surface area contributed by atoms with Gasteiger partial charge in [0.2, 0.25) is 0 Å². The molecule has 0 unspecified atom stereocenters. The van der Waals surface area contributed by atoms with Crippen LogP contribution >= 0.6 is 0 Å². The van der Waals surface area contributed by atoms with Crippen LogP contribution in [0.2, 0.25) is 0 Å². The number of fused-ring (bicyclic) bond motifs is 1. The van der Waals surface area contributed by atoms with Crippen LogP contribution in [0.25, 0.3) is 10.9 Å². The molecule has 0 spiro atoms. The van der Waals surface area contributed by atoms with E-state index in [9.17, 15) is 0 Å². The summed E-state index contributed by atoms with van der Waals surface area (Å²) in [5.74, 6) is 1.84. The lowest BCUT2D eigenvalue weighted by Crippen LogP contribution is -2.11. The topological polar surface area (TPSA) is 44.9 Å². The van der Waals surface area contributed by atoms with Gasteiger partial charge < -0.3 is 9.30 Å². The summed E-state index contributed by atoms with van der Waals surface area (Å²) in [5, 5.41) is 5.44. The Labute approximate surface area is 117 Å². The van der Waals surface area contributed by atoms with Gasteiger partial charge in [0.05, 0.1) is 13.7 Å². The maximum absolute atomic E-state index is 5.25. The third kappa shape index (κ3) is 2.15. The molecular weight excluding hydrogens is 252 g/mol. The summed E-state index contributed by atoms with van der Waals surface area (Å²) in [6.07, 6.45) is 3.69. The second kappa shape index (κ2) is 5.00. The molecule has 0 saturated carbocycles. The molecule has 1 aromatic carbocycles. The lowest BCUT2D eigenvalue weighted by atomic mass is 10.2. The number of ether oxygens (including phenoxy) is 1. The highest BCUT2D eigenvalue weighted by atomic mass is 16.5. The maximum Gasteiger partial charge on any atom is 0.147 e. The highest BCUT2D eigenvalue weighted by Gasteiger charge is 2.10. The predicted octanol–water partition coefficient (Wildman–Crippen LogP) is 2.87. The fourth-order valence-corrected chi connectivity index (χ4v) is 2.41. The largest absolute Gasteiger partial charge is 0.497 e. The van der Waals surface area contributed by atoms with Crippen molar-refractivity contribution in [2.75, 3.05) is 7.11 Å². The number of benzene rings is 1. The number of hydrogen-bond donors (Lipinski definition) is 0. The fraction of sp³-hybridized carbons (Fsp3) is 0.333. The Kier molecular flexibility index (Phi) is 3.18. The molecule has 2 heterocycles. The molecule has 104 valence electrons. The fourth-order valence-electron chi connectivity index (χ4n) is 2.41. The minimum atomic E-state index is 0.314. The first kappa shape index (κ1) is 12.7. The van der Waals surface area contributed by atoms with E-state index >= 15 is 0 Å². The lowest BCUT2D eigenvalue weighted by Gasteiger charge is -2.10. The summed E-state index contributed by atoms with van der Waals surface area (Å²) in [7, 11) is 1.68. The number of methoxy groups -OCH3 is 1. The van der Waals surface area contributed by atoms with Gasteiger partial charge in [0.25, 0.3) is 0 Å². The van der Waals surface area contributed by atoms with Crippen molar-refractivity contribution in [2.24, 2.45) is 0 Å². The Morgan fingerprint density at radius 1 is 1.25 bits per heavy atom. The van der Waals surface area contributed by atoms with Crippen molar-refractivity contribution in [2.45, 2.75) is 26.4 Å². The van der Waals surface area contributed by atoms with Crippen molar-refractivity contribution >= 4 is 10.9 Å². The monoisotopic (exact) mass is 270 g/mol. The second-order valence-corrected chi connectivity index (χ2v) is 5.08. The molecule has 2 aromatic heterocycles. The van der Waals surface area contributed by atoms with E-state index < -0.39 is 0 Å². The average molecular weight is 270 g/mol. The van der Waals surface area contributed by atoms with Crippen LogP contribution in [0.1, 0.15) is 25.7 Å². The predicted molar refractivity (Wildman–Crippen MR) is 78.0 cm³/mol. The summed E-state index contributed by atoms with van der Waals surface area (Å²) in [6, 6.07) is 8.50. The maximum atomic E-state index is 5.25. The van der Waals surface area contributed by atoms with Gasteiger partial charge in [0.15, 0.2) is 0 Å². The van der Waals surface area contributed by atoms with Gasteiger partial charge in [0.1, 0.15) is 17.9 Å². The molecule has 3 rings (SSSR count). The molecule has 0 aliphatic rings. The molecule has 5 heteroatoms. The summed E-state index contributed by atoms with van der Waals surface area (Å²) in [6.45, 7) is 4.93. The molecule has 0 aliphatic carbocycles. The van der Waals surface area contributed by atoms with Crippen LogP contribution in [-0.4, -0.2) is 26.4 Å². The van der Waals surface area contributed by atoms with E-state index in [1.807, 2.05) is 16.8 Å². The first-order chi connectivity index (χ1) is 9.69. The first-order valence-corrected chi connectivity index (χ1v) is 6.70. The van der Waals surface area contributed by atoms with E-state index in [1.54, 1.807) is 13.4 Å². The third-order valence-corrected chi connectivity index (χ3v) is 3.43. The van der Waals surface area contributed by atoms with Gasteiger partial charge in [-0.1, -0.05) is 0 Å². The zero-order valence-corrected chi connectivity index (χ0v) is 11.9. The highest BCUT2D eigenvalue weighted by molar-refractivity contribution is 5.81. The van der Waals surface area contributed by atoms with Gasteiger partial charge in [-0.15, -0.1) is 0 Å². The Bertz CT molecular complexity index is 726. The van der Waals surface area contributed by atoms with Crippen molar-refractivity contribution in [1.29, 1.82) is 0 Å². The van der Waals surface area contributed by atoms with Crippen molar-refractivity contribution in [3.8, 4) is 5.75 Å². The molecule has 0 aliphatic heterocycles. The van der Waals surface area contributed by atoms with Crippen LogP contribution in [0.3, 0.4) is 0 Å². The van der Waals surface area contributed by atoms with E-state index in [-0.39, 0.29) is 0 Å². The first-order valence-electron chi connectivity index (χ1n) is 6.70. The van der Waals surface area contributed by atoms with Crippen molar-refractivity contribution in [3.63, 3.8) is 0 Å². The number of nitrogens with zero attached hydrogens (tertiary/aromatic N) is 4. The molecule has 0 atom stereocenters. The van der Waals surface area contributed by atoms with E-state index in [4.69, 9.17) is 4.74 Å². The van der Waals surface area contributed by atoms with Gasteiger partial charge in [-0.05, 0) is 38.1 Å². The molecule has 0 N–H and O–H groups in total. The molecule has 0 amide bonds. The Hall–Kier alpha value is -2.30. The molecule has 0 bridgehead atoms. The van der Waals surface area contributed by atoms with Crippen LogP contribution in [0.4, 0.5) is 0 Å². The van der Waals surface area contributed by atoms with Gasteiger partial charge >= 0.3 is 0 Å². The molecule has 0 radical (unpaired) electrons. The van der Waals surface area contributed by atoms with Crippen molar-refractivity contribution < 1.29 is 4.74 Å². The quantitative estimate of drug-likeness (QED) is 0.732. The Morgan fingerprint density at radius 3 is 2.85 bits per heavy atom. The number of aromatic nitrogens is 4. The molecule has 5 nitrogen and oxygen atoms in total. The SMILES string of the molecule is COc1ccc2c(ccn2Cc2ncnn2C(C)C)c1. The van der Waals surface area contributed by atoms with Gasteiger partial charge in [-0.2, -0.15) is 5.10 Å². The van der Waals surface area contributed by atoms with Crippen LogP contribution < -0.4 is 4.74 Å². The summed E-state index contributed by atoms with van der Waals surface area (Å²) < 4.78 is 9.38. The van der Waals surface area contributed by atoms with Gasteiger partial charge in [0, 0.05) is 23.1 Å². The highest BCUT2D eigenvalue weighted by Crippen LogP contribution is 2.22. The van der Waals surface area contributed by atoms with Crippen LogP contribution in [0, 0.1) is 0 Å². The Morgan fingerprint density at radius 2 is 2.10 bits per heavy atom. The van der Waals surface area contributed by atoms with Crippen LogP contribution in [0.5, 0.6) is 5.75 Å². The van der Waals surface area contributed by atoms with Crippen LogP contribution in [-0.2, 0) is 6.54 Å². The minimum Gasteiger partial charge on any atom is -0.497 e. The minimum absolute atomic E-state index is 0.314. The summed E-state index contributed by atoms with van der Waals surface area (Å²) in [4.78, 5) is 4.36. The molecule has 3 aromatic rings. The zero-order valence-electron chi connectivity index (χ0n) is 11.9. The molecular formula is C15H18N4O. The summed E-state index contributed by atoms with van der Waals surface area (Å²) >= 11 is 0. The molecule has 0 saturated heterocycles. The van der Waals surface area contributed by atoms with Crippen molar-refractivity contribution in [1.82, 2.24) is 19.3 Å². The van der Waals surface area contributed by atoms with Crippen molar-refractivity contribution in [3.05, 3.63) is 42.6 Å². The van der Waals surface area contributed by atoms with Crippen LogP contribution in [0.15, 0.2) is 36.8 Å². The lowest BCUT2D eigenvalue weighted by molar-refractivity contribution is 0.415. The molecule has 20 heavy (non-hydrogen) atoms. The van der Waals surface area contributed by atoms with Gasteiger partial charge in [-0.25, -0.2) is 9.67 Å². The van der Waals surface area contributed by atoms with E-state index in [2.05, 4.69) is 46.8 Å². The smallest absolute Gasteiger partial charge is 0.147 e.